The van der Waals surface area contributed by atoms with Crippen LogP contribution in [-0.4, -0.2) is 11.9 Å². The summed E-state index contributed by atoms with van der Waals surface area (Å²) in [7, 11) is 5.85. The topological polar surface area (TPSA) is 52.6 Å². The predicted octanol–water partition coefficient (Wildman–Crippen LogP) is 0.992. The van der Waals surface area contributed by atoms with E-state index in [2.05, 4.69) is 23.7 Å². The zero-order valence-electron chi connectivity index (χ0n) is 8.46. The van der Waals surface area contributed by atoms with Gasteiger partial charge in [-0.05, 0) is 13.8 Å². The first-order valence-corrected chi connectivity index (χ1v) is 3.14. The molecule has 0 aromatic heterocycles. The summed E-state index contributed by atoms with van der Waals surface area (Å²) in [5.74, 6) is -1.31. The molecular formula is C8H10O4Rf2-2. The van der Waals surface area contributed by atoms with Crippen LogP contribution in [0, 0.1) is 14.2 Å². The fourth-order valence-corrected chi connectivity index (χ4v) is 0.523. The molecule has 0 aliphatic heterocycles. The van der Waals surface area contributed by atoms with Crippen molar-refractivity contribution in [2.24, 2.45) is 0 Å². The number of hydrogen-bond donors (Lipinski definition) is 0. The molecular weight excluding hydrogens is 694 g/mol. The van der Waals surface area contributed by atoms with Crippen molar-refractivity contribution in [1.29, 1.82) is 0 Å². The maximum absolute atomic E-state index is 10.8. The van der Waals surface area contributed by atoms with E-state index in [1.165, 1.54) is 13.8 Å². The van der Waals surface area contributed by atoms with Gasteiger partial charge in [-0.1, -0.05) is 0 Å². The van der Waals surface area contributed by atoms with Gasteiger partial charge in [-0.25, -0.2) is 9.59 Å². The summed E-state index contributed by atoms with van der Waals surface area (Å²) in [5, 5.41) is 0. The van der Waals surface area contributed by atoms with Crippen LogP contribution in [0.1, 0.15) is 13.8 Å². The maximum atomic E-state index is 10.8. The molecule has 0 atom stereocenters. The first kappa shape index (κ1) is 17.0. The van der Waals surface area contributed by atoms with Crippen LogP contribution in [-0.2, 0) is 19.1 Å². The van der Waals surface area contributed by atoms with Gasteiger partial charge in [-0.2, -0.15) is 14.2 Å². The van der Waals surface area contributed by atoms with Gasteiger partial charge in [0.2, 0.25) is 0 Å². The summed E-state index contributed by atoms with van der Waals surface area (Å²) in [5.41, 5.74) is 0.331. The van der Waals surface area contributed by atoms with Gasteiger partial charge in [-0.15, -0.1) is 0 Å². The normalized spacial score (nSPS) is 10.0. The van der Waals surface area contributed by atoms with E-state index >= 15 is 0 Å². The monoisotopic (exact) mass is 704 g/mol. The Morgan fingerprint density at radius 1 is 0.857 bits per heavy atom. The van der Waals surface area contributed by atoms with E-state index < -0.39 is 11.9 Å². The minimum atomic E-state index is -0.655. The van der Waals surface area contributed by atoms with E-state index in [1.807, 2.05) is 0 Å². The molecule has 0 aromatic rings. The fraction of sp³-hybridized carbons (Fsp3) is 0.250. The van der Waals surface area contributed by atoms with Gasteiger partial charge < -0.3 is 9.47 Å². The number of esters is 2. The average molecular weight is 704 g/mol. The zero-order chi connectivity index (χ0) is 9.72. The third-order valence-electron chi connectivity index (χ3n) is 1.44. The molecule has 0 aromatic carbocycles. The Balaban J connectivity index is -0.000000605. The van der Waals surface area contributed by atoms with Gasteiger partial charge in [0, 0.05) is 11.1 Å². The van der Waals surface area contributed by atoms with Crippen LogP contribution in [0.3, 0.4) is 0 Å². The Morgan fingerprint density at radius 2 is 1.07 bits per heavy atom. The van der Waals surface area contributed by atoms with Gasteiger partial charge >= 0.3 is 11.9 Å². The van der Waals surface area contributed by atoms with Crippen LogP contribution in [0.4, 0.5) is 0 Å². The summed E-state index contributed by atoms with van der Waals surface area (Å²) in [6.07, 6.45) is 0. The van der Waals surface area contributed by atoms with E-state index in [4.69, 9.17) is 0 Å². The first-order chi connectivity index (χ1) is 5.54. The van der Waals surface area contributed by atoms with Crippen molar-refractivity contribution in [3.05, 3.63) is 25.4 Å². The Morgan fingerprint density at radius 3 is 1.21 bits per heavy atom. The second kappa shape index (κ2) is 6.39. The van der Waals surface area contributed by atoms with Crippen LogP contribution in [0.2, 0.25) is 0 Å². The SMILES string of the molecule is [CH2-]OC(=O)/C(C)=C(\C)C(=O)O[CH2-].[Rf].[Rf]. The first-order valence-electron chi connectivity index (χ1n) is 3.14. The quantitative estimate of drug-likeness (QED) is 0.245. The van der Waals surface area contributed by atoms with Crippen LogP contribution >= 0.6 is 0 Å². The Kier molecular flexibility index (Phi) is 7.75. The minimum absolute atomic E-state index is 0. The largest absolute Gasteiger partial charge is 0.637 e. The summed E-state index contributed by atoms with van der Waals surface area (Å²) in [6.45, 7) is 2.89. The van der Waals surface area contributed by atoms with E-state index in [-0.39, 0.29) is 11.1 Å². The zero-order valence-corrected chi connectivity index (χ0v) is 21.3. The average Bonchev–Trinajstić information content (AvgIpc) is 2.12. The number of carbonyl (C=O) groups is 2. The fourth-order valence-electron chi connectivity index (χ4n) is 0.523. The Labute approximate surface area is 71.2 Å². The smallest absolute Gasteiger partial charge is 0.302 e. The van der Waals surface area contributed by atoms with E-state index in [0.717, 1.165) is 0 Å². The van der Waals surface area contributed by atoms with Crippen LogP contribution in [0.15, 0.2) is 11.1 Å². The molecule has 0 aliphatic carbocycles. The molecule has 0 radical (unpaired) electrons. The van der Waals surface area contributed by atoms with E-state index in [0.29, 0.717) is 0 Å². The molecule has 0 spiro atoms. The molecule has 0 heterocycles. The third-order valence-corrected chi connectivity index (χ3v) is 1.44. The van der Waals surface area contributed by atoms with E-state index in [1.54, 1.807) is 0 Å². The molecule has 0 aliphatic rings. The molecule has 4 nitrogen and oxygen atoms in total. The second-order valence-electron chi connectivity index (χ2n) is 2.11. The van der Waals surface area contributed by atoms with Crippen molar-refractivity contribution >= 4 is 11.9 Å². The van der Waals surface area contributed by atoms with Crippen molar-refractivity contribution in [3.63, 3.8) is 0 Å². The molecule has 0 fully saturated rings. The van der Waals surface area contributed by atoms with Crippen molar-refractivity contribution in [3.8, 4) is 0 Å². The molecule has 0 bridgehead atoms. The summed E-state index contributed by atoms with van der Waals surface area (Å²) in [4.78, 5) is 21.6. The standard InChI is InChI=1S/C8H10O4.2Rf/c1-5(7(9)11-3)6(2)8(10)12-4;;/h3-4H2,1-2H3;;/q-2;;/b6-5+;;. The predicted molar refractivity (Wildman–Crippen MR) is 41.3 cm³/mol. The number of ether oxygens (including phenoxy) is 2. The van der Waals surface area contributed by atoms with Crippen molar-refractivity contribution < 1.29 is 19.1 Å². The number of hydrogen-bond acceptors (Lipinski definition) is 4. The molecule has 0 saturated heterocycles. The molecule has 0 saturated carbocycles. The van der Waals surface area contributed by atoms with Crippen molar-refractivity contribution in [1.82, 2.24) is 0 Å². The Bertz CT molecular complexity index is 211. The summed E-state index contributed by atoms with van der Waals surface area (Å²) >= 11 is 0. The number of rotatable bonds is 2. The van der Waals surface area contributed by atoms with Gasteiger partial charge in [0.25, 0.3) is 0 Å². The summed E-state index contributed by atoms with van der Waals surface area (Å²) < 4.78 is 8.31. The van der Waals surface area contributed by atoms with Gasteiger partial charge in [-0.3, -0.25) is 0 Å². The van der Waals surface area contributed by atoms with Gasteiger partial charge in [0.05, 0.1) is 0 Å². The minimum Gasteiger partial charge on any atom is -0.637 e. The second-order valence-corrected chi connectivity index (χ2v) is 2.11. The van der Waals surface area contributed by atoms with Gasteiger partial charge in [0.1, 0.15) is 0 Å². The molecule has 0 amide bonds. The maximum Gasteiger partial charge on any atom is 0.302 e. The van der Waals surface area contributed by atoms with Crippen LogP contribution in [0.5, 0.6) is 0 Å². The third kappa shape index (κ3) is 3.18. The van der Waals surface area contributed by atoms with Crippen molar-refractivity contribution in [2.45, 2.75) is 13.8 Å². The Hall–Kier alpha value is -3.32. The number of carbonyl (C=O) groups excluding carboxylic acids is 2. The molecule has 0 rings (SSSR count). The molecule has 0 N–H and O–H groups in total. The van der Waals surface area contributed by atoms with Crippen LogP contribution < -0.4 is 0 Å². The van der Waals surface area contributed by atoms with Crippen LogP contribution in [0.25, 0.3) is 0 Å². The van der Waals surface area contributed by atoms with Gasteiger partial charge in [0.15, 0.2) is 0 Å². The molecule has 14 heavy (non-hydrogen) atoms. The molecule has 72 valence electrons. The molecule has 0 unspecified atom stereocenters. The van der Waals surface area contributed by atoms with Crippen molar-refractivity contribution in [2.75, 3.05) is 0 Å². The summed E-state index contributed by atoms with van der Waals surface area (Å²) in [6, 6.07) is 0. The van der Waals surface area contributed by atoms with E-state index in [9.17, 15) is 9.59 Å². The molecule has 6 heteroatoms.